The second kappa shape index (κ2) is 4.63. The Morgan fingerprint density at radius 3 is 2.67 bits per heavy atom. The second-order valence-electron chi connectivity index (χ2n) is 4.55. The van der Waals surface area contributed by atoms with Crippen LogP contribution in [-0.2, 0) is 0 Å². The van der Waals surface area contributed by atoms with Crippen LogP contribution in [0, 0.1) is 6.92 Å². The molecule has 1 saturated carbocycles. The maximum Gasteiger partial charge on any atom is 0.00449 e. The molecular formula is C14H19N. The predicted molar refractivity (Wildman–Crippen MR) is 65.6 cm³/mol. The number of benzene rings is 1. The quantitative estimate of drug-likeness (QED) is 0.741. The highest BCUT2D eigenvalue weighted by atomic mass is 14.6. The van der Waals surface area contributed by atoms with E-state index in [0.29, 0.717) is 6.04 Å². The molecule has 0 unspecified atom stereocenters. The third kappa shape index (κ3) is 2.93. The van der Waals surface area contributed by atoms with Crippen molar-refractivity contribution in [3.63, 3.8) is 0 Å². The van der Waals surface area contributed by atoms with Crippen LogP contribution in [0.4, 0.5) is 0 Å². The summed E-state index contributed by atoms with van der Waals surface area (Å²) in [6, 6.07) is 9.10. The van der Waals surface area contributed by atoms with Crippen molar-refractivity contribution in [1.82, 2.24) is 0 Å². The SMILES string of the molecule is Cc1cccc(C=C2CCC(N)CC2)c1. The van der Waals surface area contributed by atoms with Crippen molar-refractivity contribution < 1.29 is 0 Å². The van der Waals surface area contributed by atoms with E-state index in [-0.39, 0.29) is 0 Å². The number of aryl methyl sites for hydroxylation is 1. The van der Waals surface area contributed by atoms with Gasteiger partial charge in [-0.05, 0) is 38.2 Å². The van der Waals surface area contributed by atoms with Crippen LogP contribution in [0.5, 0.6) is 0 Å². The minimum absolute atomic E-state index is 0.430. The first-order chi connectivity index (χ1) is 7.24. The Morgan fingerprint density at radius 1 is 1.27 bits per heavy atom. The maximum atomic E-state index is 5.89. The van der Waals surface area contributed by atoms with Crippen LogP contribution >= 0.6 is 0 Å². The number of hydrogen-bond donors (Lipinski definition) is 1. The van der Waals surface area contributed by atoms with Crippen LogP contribution in [0.25, 0.3) is 6.08 Å². The Balaban J connectivity index is 2.10. The van der Waals surface area contributed by atoms with E-state index in [0.717, 1.165) is 12.8 Å². The number of rotatable bonds is 1. The van der Waals surface area contributed by atoms with Gasteiger partial charge in [-0.3, -0.25) is 0 Å². The monoisotopic (exact) mass is 201 g/mol. The lowest BCUT2D eigenvalue weighted by molar-refractivity contribution is 0.514. The Hall–Kier alpha value is -1.08. The summed E-state index contributed by atoms with van der Waals surface area (Å²) in [5.74, 6) is 0. The molecule has 2 rings (SSSR count). The van der Waals surface area contributed by atoms with E-state index in [4.69, 9.17) is 5.73 Å². The standard InChI is InChI=1S/C14H19N/c1-11-3-2-4-13(9-11)10-12-5-7-14(15)8-6-12/h2-4,9-10,14H,5-8,15H2,1H3. The van der Waals surface area contributed by atoms with Crippen molar-refractivity contribution in [2.24, 2.45) is 5.73 Å². The van der Waals surface area contributed by atoms with Gasteiger partial charge in [0.05, 0.1) is 0 Å². The van der Waals surface area contributed by atoms with Crippen LogP contribution < -0.4 is 5.73 Å². The summed E-state index contributed by atoms with van der Waals surface area (Å²) >= 11 is 0. The first-order valence-electron chi connectivity index (χ1n) is 5.76. The van der Waals surface area contributed by atoms with E-state index in [2.05, 4.69) is 37.3 Å². The van der Waals surface area contributed by atoms with Gasteiger partial charge in [0.15, 0.2) is 0 Å². The number of nitrogens with two attached hydrogens (primary N) is 1. The van der Waals surface area contributed by atoms with Crippen LogP contribution in [-0.4, -0.2) is 6.04 Å². The third-order valence-electron chi connectivity index (χ3n) is 3.09. The highest BCUT2D eigenvalue weighted by Gasteiger charge is 2.11. The molecule has 2 N–H and O–H groups in total. The Morgan fingerprint density at radius 2 is 2.00 bits per heavy atom. The van der Waals surface area contributed by atoms with Gasteiger partial charge in [-0.1, -0.05) is 41.5 Å². The smallest absolute Gasteiger partial charge is 0.00449 e. The molecule has 1 aromatic rings. The highest BCUT2D eigenvalue weighted by molar-refractivity contribution is 5.53. The van der Waals surface area contributed by atoms with E-state index in [9.17, 15) is 0 Å². The van der Waals surface area contributed by atoms with Crippen molar-refractivity contribution in [3.8, 4) is 0 Å². The fourth-order valence-electron chi connectivity index (χ4n) is 2.15. The summed E-state index contributed by atoms with van der Waals surface area (Å²) < 4.78 is 0. The molecule has 80 valence electrons. The van der Waals surface area contributed by atoms with Gasteiger partial charge >= 0.3 is 0 Å². The van der Waals surface area contributed by atoms with Crippen molar-refractivity contribution in [2.45, 2.75) is 38.6 Å². The van der Waals surface area contributed by atoms with Gasteiger partial charge in [-0.2, -0.15) is 0 Å². The van der Waals surface area contributed by atoms with E-state index in [1.165, 1.54) is 24.0 Å². The first kappa shape index (κ1) is 10.4. The lowest BCUT2D eigenvalue weighted by Crippen LogP contribution is -2.23. The summed E-state index contributed by atoms with van der Waals surface area (Å²) in [7, 11) is 0. The molecule has 0 radical (unpaired) electrons. The molecule has 0 bridgehead atoms. The molecule has 15 heavy (non-hydrogen) atoms. The second-order valence-corrected chi connectivity index (χ2v) is 4.55. The van der Waals surface area contributed by atoms with Gasteiger partial charge in [-0.25, -0.2) is 0 Å². The first-order valence-corrected chi connectivity index (χ1v) is 5.76. The molecule has 1 heteroatoms. The minimum atomic E-state index is 0.430. The molecule has 1 nitrogen and oxygen atoms in total. The van der Waals surface area contributed by atoms with Crippen LogP contribution in [0.15, 0.2) is 29.8 Å². The molecule has 0 atom stereocenters. The van der Waals surface area contributed by atoms with Gasteiger partial charge in [-0.15, -0.1) is 0 Å². The highest BCUT2D eigenvalue weighted by Crippen LogP contribution is 2.24. The summed E-state index contributed by atoms with van der Waals surface area (Å²) in [6.45, 7) is 2.14. The maximum absolute atomic E-state index is 5.89. The fraction of sp³-hybridized carbons (Fsp3) is 0.429. The van der Waals surface area contributed by atoms with Crippen LogP contribution in [0.2, 0.25) is 0 Å². The molecule has 0 amide bonds. The summed E-state index contributed by atoms with van der Waals surface area (Å²) in [6.07, 6.45) is 6.98. The molecule has 0 spiro atoms. The van der Waals surface area contributed by atoms with Gasteiger partial charge in [0.25, 0.3) is 0 Å². The molecule has 0 aromatic heterocycles. The lowest BCUT2D eigenvalue weighted by atomic mass is 9.90. The summed E-state index contributed by atoms with van der Waals surface area (Å²) in [5, 5.41) is 0. The Labute approximate surface area is 92.0 Å². The zero-order valence-corrected chi connectivity index (χ0v) is 9.37. The van der Waals surface area contributed by atoms with Crippen LogP contribution in [0.3, 0.4) is 0 Å². The zero-order valence-electron chi connectivity index (χ0n) is 9.37. The van der Waals surface area contributed by atoms with Gasteiger partial charge in [0.2, 0.25) is 0 Å². The van der Waals surface area contributed by atoms with Crippen molar-refractivity contribution in [2.75, 3.05) is 0 Å². The molecule has 0 heterocycles. The summed E-state index contributed by atoms with van der Waals surface area (Å²) in [4.78, 5) is 0. The molecule has 0 aliphatic heterocycles. The van der Waals surface area contributed by atoms with E-state index in [1.54, 1.807) is 5.57 Å². The van der Waals surface area contributed by atoms with Gasteiger partial charge < -0.3 is 5.73 Å². The Kier molecular flexibility index (Phi) is 3.22. The average molecular weight is 201 g/mol. The fourth-order valence-corrected chi connectivity index (χ4v) is 2.15. The predicted octanol–water partition coefficient (Wildman–Crippen LogP) is 3.28. The zero-order chi connectivity index (χ0) is 10.7. The van der Waals surface area contributed by atoms with E-state index >= 15 is 0 Å². The molecular weight excluding hydrogens is 182 g/mol. The third-order valence-corrected chi connectivity index (χ3v) is 3.09. The van der Waals surface area contributed by atoms with Crippen molar-refractivity contribution >= 4 is 6.08 Å². The van der Waals surface area contributed by atoms with E-state index in [1.807, 2.05) is 0 Å². The lowest BCUT2D eigenvalue weighted by Gasteiger charge is -2.20. The Bertz CT molecular complexity index is 355. The van der Waals surface area contributed by atoms with E-state index < -0.39 is 0 Å². The molecule has 1 aliphatic rings. The molecule has 0 saturated heterocycles. The van der Waals surface area contributed by atoms with Crippen molar-refractivity contribution in [1.29, 1.82) is 0 Å². The molecule has 1 aliphatic carbocycles. The van der Waals surface area contributed by atoms with Gasteiger partial charge in [0, 0.05) is 6.04 Å². The summed E-state index contributed by atoms with van der Waals surface area (Å²) in [5.41, 5.74) is 10.1. The topological polar surface area (TPSA) is 26.0 Å². The normalized spacial score (nSPS) is 21.5. The minimum Gasteiger partial charge on any atom is -0.328 e. The average Bonchev–Trinajstić information content (AvgIpc) is 2.22. The molecule has 1 fully saturated rings. The molecule has 1 aromatic carbocycles. The number of hydrogen-bond acceptors (Lipinski definition) is 1. The number of allylic oxidation sites excluding steroid dienone is 1. The van der Waals surface area contributed by atoms with Crippen molar-refractivity contribution in [3.05, 3.63) is 41.0 Å². The largest absolute Gasteiger partial charge is 0.328 e. The van der Waals surface area contributed by atoms with Gasteiger partial charge in [0.1, 0.15) is 0 Å². The van der Waals surface area contributed by atoms with Crippen LogP contribution in [0.1, 0.15) is 36.8 Å².